The zero-order chi connectivity index (χ0) is 30.5. The van der Waals surface area contributed by atoms with Crippen LogP contribution in [0.25, 0.3) is 0 Å². The molecule has 1 aliphatic carbocycles. The molecule has 1 heterocycles. The number of fused-ring (bicyclic) bond motifs is 1. The largest absolute Gasteiger partial charge is 0.612 e. The van der Waals surface area contributed by atoms with Crippen LogP contribution in [-0.2, 0) is 24.0 Å². The van der Waals surface area contributed by atoms with Crippen molar-refractivity contribution in [1.82, 2.24) is 9.80 Å². The Hall–Kier alpha value is -2.22. The Morgan fingerprint density at radius 1 is 1.07 bits per heavy atom. The number of likely N-dealkylation sites (N-methyl/N-ethyl adjacent to an activating group) is 1. The minimum Gasteiger partial charge on any atom is -0.612 e. The van der Waals surface area contributed by atoms with Crippen molar-refractivity contribution in [3.05, 3.63) is 92.5 Å². The van der Waals surface area contributed by atoms with E-state index in [1.165, 1.54) is 11.1 Å². The van der Waals surface area contributed by atoms with E-state index in [0.29, 0.717) is 33.8 Å². The van der Waals surface area contributed by atoms with Crippen molar-refractivity contribution < 1.29 is 14.1 Å². The van der Waals surface area contributed by atoms with E-state index in [9.17, 15) is 9.35 Å². The minimum atomic E-state index is -0.986. The molecule has 1 saturated heterocycles. The van der Waals surface area contributed by atoms with E-state index in [4.69, 9.17) is 27.9 Å². The fourth-order valence-electron chi connectivity index (χ4n) is 6.83. The average molecular weight is 642 g/mol. The van der Waals surface area contributed by atoms with Gasteiger partial charge in [0.25, 0.3) is 5.91 Å². The van der Waals surface area contributed by atoms with Gasteiger partial charge >= 0.3 is 0 Å². The molecule has 0 N–H and O–H groups in total. The number of halogens is 2. The van der Waals surface area contributed by atoms with Crippen molar-refractivity contribution in [3.63, 3.8) is 0 Å². The molecule has 230 valence electrons. The van der Waals surface area contributed by atoms with Crippen LogP contribution in [0, 0.1) is 0 Å². The number of carbonyl (C=O) groups is 1. The molecule has 1 fully saturated rings. The fraction of sp³-hybridized carbons (Fsp3) is 0.457. The molecule has 1 aliphatic heterocycles. The number of methoxy groups -OCH3 is 1. The Bertz CT molecular complexity index is 1420. The van der Waals surface area contributed by atoms with E-state index in [1.807, 2.05) is 48.3 Å². The van der Waals surface area contributed by atoms with Crippen molar-refractivity contribution in [3.8, 4) is 5.75 Å². The Morgan fingerprint density at radius 2 is 1.81 bits per heavy atom. The zero-order valence-electron chi connectivity index (χ0n) is 25.4. The summed E-state index contributed by atoms with van der Waals surface area (Å²) < 4.78 is 18.0. The molecule has 2 unspecified atom stereocenters. The van der Waals surface area contributed by atoms with Gasteiger partial charge in [-0.1, -0.05) is 53.5 Å². The summed E-state index contributed by atoms with van der Waals surface area (Å²) in [5.74, 6) is 1.18. The molecule has 0 saturated carbocycles. The number of hydrogen-bond donors (Lipinski definition) is 0. The number of amides is 1. The molecule has 0 bridgehead atoms. The van der Waals surface area contributed by atoms with E-state index in [2.05, 4.69) is 23.1 Å². The fourth-order valence-corrected chi connectivity index (χ4v) is 7.97. The lowest BCUT2D eigenvalue weighted by Gasteiger charge is -2.34. The maximum absolute atomic E-state index is 14.0. The predicted octanol–water partition coefficient (Wildman–Crippen LogP) is 7.74. The average Bonchev–Trinajstić information content (AvgIpc) is 3.03. The summed E-state index contributed by atoms with van der Waals surface area (Å²) in [5, 5.41) is 1.06. The second-order valence-corrected chi connectivity index (χ2v) is 14.1. The minimum absolute atomic E-state index is 0.00783. The van der Waals surface area contributed by atoms with Crippen LogP contribution in [0.1, 0.15) is 76.6 Å². The number of hydrogen-bond acceptors (Lipinski definition) is 4. The first kappa shape index (κ1) is 32.2. The number of ether oxygens (including phenoxy) is 1. The third-order valence-electron chi connectivity index (χ3n) is 9.23. The molecule has 2 atom stereocenters. The van der Waals surface area contributed by atoms with Gasteiger partial charge in [0.2, 0.25) is 0 Å². The highest BCUT2D eigenvalue weighted by atomic mass is 35.5. The summed E-state index contributed by atoms with van der Waals surface area (Å²) in [6, 6.07) is 18.1. The van der Waals surface area contributed by atoms with Gasteiger partial charge in [0.1, 0.15) is 12.0 Å². The first-order valence-electron chi connectivity index (χ1n) is 15.3. The van der Waals surface area contributed by atoms with Gasteiger partial charge in [-0.3, -0.25) is 4.79 Å². The summed E-state index contributed by atoms with van der Waals surface area (Å²) >= 11 is 11.8. The molecule has 5 rings (SSSR count). The van der Waals surface area contributed by atoms with Gasteiger partial charge in [-0.25, -0.2) is 0 Å². The van der Waals surface area contributed by atoms with Crippen molar-refractivity contribution in [2.75, 3.05) is 46.6 Å². The van der Waals surface area contributed by atoms with Crippen LogP contribution in [0.5, 0.6) is 5.75 Å². The summed E-state index contributed by atoms with van der Waals surface area (Å²) in [4.78, 5) is 19.3. The summed E-state index contributed by atoms with van der Waals surface area (Å²) in [6.07, 6.45) is 8.91. The molecule has 0 spiro atoms. The third kappa shape index (κ3) is 7.54. The zero-order valence-corrected chi connectivity index (χ0v) is 27.7. The highest BCUT2D eigenvalue weighted by Gasteiger charge is 2.29. The molecule has 0 aromatic heterocycles. The lowest BCUT2D eigenvalue weighted by atomic mass is 9.87. The Balaban J connectivity index is 1.29. The van der Waals surface area contributed by atoms with Gasteiger partial charge in [-0.15, -0.1) is 0 Å². The van der Waals surface area contributed by atoms with E-state index >= 15 is 0 Å². The Labute approximate surface area is 269 Å². The van der Waals surface area contributed by atoms with Crippen molar-refractivity contribution in [1.29, 1.82) is 0 Å². The second kappa shape index (κ2) is 14.7. The van der Waals surface area contributed by atoms with E-state index in [-0.39, 0.29) is 11.8 Å². The van der Waals surface area contributed by atoms with Gasteiger partial charge < -0.3 is 19.1 Å². The predicted molar refractivity (Wildman–Crippen MR) is 178 cm³/mol. The van der Waals surface area contributed by atoms with Crippen molar-refractivity contribution >= 4 is 40.3 Å². The topological polar surface area (TPSA) is 55.8 Å². The van der Waals surface area contributed by atoms with Crippen LogP contribution in [0.3, 0.4) is 0 Å². The Morgan fingerprint density at radius 3 is 2.53 bits per heavy atom. The second-order valence-electron chi connectivity index (χ2n) is 11.9. The normalized spacial score (nSPS) is 17.3. The highest BCUT2D eigenvalue weighted by Crippen LogP contribution is 2.35. The highest BCUT2D eigenvalue weighted by molar-refractivity contribution is 7.90. The molecule has 43 heavy (non-hydrogen) atoms. The van der Waals surface area contributed by atoms with Crippen LogP contribution >= 0.6 is 23.2 Å². The molecule has 1 amide bonds. The van der Waals surface area contributed by atoms with Crippen LogP contribution in [0.4, 0.5) is 0 Å². The number of aryl methyl sites for hydroxylation is 1. The monoisotopic (exact) mass is 640 g/mol. The summed E-state index contributed by atoms with van der Waals surface area (Å²) in [5.41, 5.74) is 5.44. The van der Waals surface area contributed by atoms with Crippen LogP contribution < -0.4 is 4.74 Å². The molecule has 3 aromatic carbocycles. The smallest absolute Gasteiger partial charge is 0.257 e. The number of benzene rings is 3. The van der Waals surface area contributed by atoms with Crippen LogP contribution in [-0.4, -0.2) is 66.9 Å². The van der Waals surface area contributed by atoms with Gasteiger partial charge in [0.15, 0.2) is 4.90 Å². The first-order chi connectivity index (χ1) is 20.8. The SMILES string of the molecule is COc1ccc2c(c1C(=O)N(C)CC(CCN1CCC(c3ccccc3[S+](C)[O-])CC1)c1ccc(Cl)c(Cl)c1)CCCC2. The first-order valence-corrected chi connectivity index (χ1v) is 17.6. The Kier molecular flexibility index (Phi) is 11.0. The molecule has 2 aliphatic rings. The molecular weight excluding hydrogens is 599 g/mol. The number of nitrogens with zero attached hydrogens (tertiary/aromatic N) is 2. The van der Waals surface area contributed by atoms with Gasteiger partial charge in [0.05, 0.1) is 22.7 Å². The molecular formula is C35H42Cl2N2O3S. The van der Waals surface area contributed by atoms with Gasteiger partial charge in [-0.05, 0) is 123 Å². The quantitative estimate of drug-likeness (QED) is 0.213. The summed E-state index contributed by atoms with van der Waals surface area (Å²) in [7, 11) is 3.54. The number of likely N-dealkylation sites (tertiary alicyclic amines) is 1. The number of carbonyl (C=O) groups excluding carboxylic acids is 1. The van der Waals surface area contributed by atoms with E-state index < -0.39 is 11.2 Å². The van der Waals surface area contributed by atoms with E-state index in [0.717, 1.165) is 80.6 Å². The standard InChI is InChI=1S/C35H42Cl2N2O3S/c1-38(35(40)34-29-10-5-4-8-24(29)13-15-32(34)42-2)23-27(26-12-14-30(36)31(37)22-26)18-21-39-19-16-25(17-20-39)28-9-6-7-11-33(28)43(3)41/h6-7,9,11-15,22,25,27H,4-5,8,10,16-21,23H2,1-3H3. The lowest BCUT2D eigenvalue weighted by Crippen LogP contribution is -2.36. The third-order valence-corrected chi connectivity index (χ3v) is 11.0. The van der Waals surface area contributed by atoms with Crippen LogP contribution in [0.2, 0.25) is 10.0 Å². The number of piperidine rings is 1. The molecule has 3 aromatic rings. The molecule has 8 heteroatoms. The lowest BCUT2D eigenvalue weighted by molar-refractivity contribution is 0.0777. The van der Waals surface area contributed by atoms with E-state index in [1.54, 1.807) is 13.4 Å². The van der Waals surface area contributed by atoms with Gasteiger partial charge in [-0.2, -0.15) is 0 Å². The molecule has 5 nitrogen and oxygen atoms in total. The van der Waals surface area contributed by atoms with Crippen molar-refractivity contribution in [2.45, 2.75) is 61.7 Å². The number of rotatable bonds is 10. The van der Waals surface area contributed by atoms with Gasteiger partial charge in [0, 0.05) is 25.1 Å². The summed E-state index contributed by atoms with van der Waals surface area (Å²) in [6.45, 7) is 3.47. The maximum Gasteiger partial charge on any atom is 0.257 e. The maximum atomic E-state index is 14.0. The van der Waals surface area contributed by atoms with Crippen LogP contribution in [0.15, 0.2) is 59.5 Å². The molecule has 0 radical (unpaired) electrons. The van der Waals surface area contributed by atoms with Crippen molar-refractivity contribution in [2.24, 2.45) is 0 Å².